The zero-order valence-corrected chi connectivity index (χ0v) is 15.3. The number of nitrogens with zero attached hydrogens (tertiary/aromatic N) is 2. The molecule has 0 aromatic rings. The molecule has 118 valence electrons. The normalized spacial score (nSPS) is 22.4. The van der Waals surface area contributed by atoms with Gasteiger partial charge in [0, 0.05) is 12.6 Å². The van der Waals surface area contributed by atoms with Gasteiger partial charge < -0.3 is 11.1 Å². The van der Waals surface area contributed by atoms with Crippen molar-refractivity contribution in [3.05, 3.63) is 0 Å². The number of aliphatic imine (C=N–C) groups is 1. The predicted molar refractivity (Wildman–Crippen MR) is 96.7 cm³/mol. The molecule has 0 radical (unpaired) electrons. The summed E-state index contributed by atoms with van der Waals surface area (Å²) in [5, 5.41) is 3.28. The minimum atomic E-state index is 0. The van der Waals surface area contributed by atoms with Gasteiger partial charge in [-0.2, -0.15) is 0 Å². The number of halogens is 1. The van der Waals surface area contributed by atoms with E-state index in [0.717, 1.165) is 19.0 Å². The molecule has 0 aromatic carbocycles. The van der Waals surface area contributed by atoms with Crippen LogP contribution >= 0.6 is 24.0 Å². The summed E-state index contributed by atoms with van der Waals surface area (Å²) in [4.78, 5) is 7.14. The fraction of sp³-hybridized carbons (Fsp3) is 0.933. The van der Waals surface area contributed by atoms with Gasteiger partial charge in [0.15, 0.2) is 5.96 Å². The van der Waals surface area contributed by atoms with Crippen LogP contribution in [0.5, 0.6) is 0 Å². The van der Waals surface area contributed by atoms with Crippen LogP contribution in [0.15, 0.2) is 4.99 Å². The molecule has 3 N–H and O–H groups in total. The summed E-state index contributed by atoms with van der Waals surface area (Å²) in [7, 11) is 0. The average Bonchev–Trinajstić information content (AvgIpc) is 2.80. The van der Waals surface area contributed by atoms with Gasteiger partial charge in [0.2, 0.25) is 0 Å². The number of nitrogens with two attached hydrogens (primary N) is 1. The van der Waals surface area contributed by atoms with Crippen LogP contribution in [0, 0.1) is 11.8 Å². The highest BCUT2D eigenvalue weighted by atomic mass is 127. The van der Waals surface area contributed by atoms with E-state index in [1.165, 1.54) is 45.2 Å². The molecule has 1 aliphatic heterocycles. The monoisotopic (exact) mass is 394 g/mol. The standard InChI is InChI=1S/C15H30N4.HI/c1-12(2)14(19-8-3-4-9-19)11-18-15(16)17-10-13-6-5-7-13;/h12-14H,3-11H2,1-2H3,(H3,16,17,18);1H. The van der Waals surface area contributed by atoms with Crippen LogP contribution in [-0.4, -0.2) is 43.1 Å². The van der Waals surface area contributed by atoms with Crippen LogP contribution in [-0.2, 0) is 0 Å². The van der Waals surface area contributed by atoms with E-state index in [2.05, 4.69) is 29.1 Å². The van der Waals surface area contributed by atoms with Gasteiger partial charge in [-0.05, 0) is 50.6 Å². The lowest BCUT2D eigenvalue weighted by Crippen LogP contribution is -2.41. The van der Waals surface area contributed by atoms with Gasteiger partial charge in [0.1, 0.15) is 0 Å². The first-order chi connectivity index (χ1) is 9.16. The zero-order chi connectivity index (χ0) is 13.7. The molecule has 0 bridgehead atoms. The molecule has 1 unspecified atom stereocenters. The Kier molecular flexibility index (Phi) is 8.17. The lowest BCUT2D eigenvalue weighted by molar-refractivity contribution is 0.197. The highest BCUT2D eigenvalue weighted by Gasteiger charge is 2.24. The maximum absolute atomic E-state index is 5.97. The fourth-order valence-corrected chi connectivity index (χ4v) is 3.01. The van der Waals surface area contributed by atoms with Gasteiger partial charge >= 0.3 is 0 Å². The number of guanidine groups is 1. The van der Waals surface area contributed by atoms with Crippen molar-refractivity contribution in [3.8, 4) is 0 Å². The van der Waals surface area contributed by atoms with E-state index in [1.807, 2.05) is 0 Å². The second-order valence-corrected chi connectivity index (χ2v) is 6.46. The fourth-order valence-electron chi connectivity index (χ4n) is 3.01. The molecule has 5 heteroatoms. The van der Waals surface area contributed by atoms with Crippen molar-refractivity contribution in [3.63, 3.8) is 0 Å². The molecule has 2 rings (SSSR count). The maximum Gasteiger partial charge on any atom is 0.188 e. The molecule has 1 heterocycles. The van der Waals surface area contributed by atoms with Gasteiger partial charge in [0.05, 0.1) is 6.54 Å². The summed E-state index contributed by atoms with van der Waals surface area (Å²) in [5.41, 5.74) is 5.97. The third-order valence-electron chi connectivity index (χ3n) is 4.62. The van der Waals surface area contributed by atoms with Crippen LogP contribution in [0.4, 0.5) is 0 Å². The molecule has 0 amide bonds. The van der Waals surface area contributed by atoms with Gasteiger partial charge in [0.25, 0.3) is 0 Å². The largest absolute Gasteiger partial charge is 0.370 e. The first-order valence-electron chi connectivity index (χ1n) is 7.94. The predicted octanol–water partition coefficient (Wildman–Crippen LogP) is 2.43. The molecule has 2 fully saturated rings. The molecule has 1 saturated carbocycles. The van der Waals surface area contributed by atoms with Crippen molar-refractivity contribution in [1.29, 1.82) is 0 Å². The summed E-state index contributed by atoms with van der Waals surface area (Å²) in [6.45, 7) is 8.88. The Morgan fingerprint density at radius 1 is 1.25 bits per heavy atom. The number of rotatable bonds is 6. The van der Waals surface area contributed by atoms with Crippen molar-refractivity contribution < 1.29 is 0 Å². The Labute approximate surface area is 141 Å². The van der Waals surface area contributed by atoms with Crippen molar-refractivity contribution in [2.24, 2.45) is 22.6 Å². The van der Waals surface area contributed by atoms with Crippen molar-refractivity contribution >= 4 is 29.9 Å². The SMILES string of the molecule is CC(C)C(CN=C(N)NCC1CCC1)N1CCCC1.I. The van der Waals surface area contributed by atoms with Crippen LogP contribution in [0.25, 0.3) is 0 Å². The molecule has 0 aromatic heterocycles. The number of hydrogen-bond acceptors (Lipinski definition) is 2. The molecule has 1 atom stereocenters. The lowest BCUT2D eigenvalue weighted by atomic mass is 9.85. The molecular weight excluding hydrogens is 363 g/mol. The molecule has 1 aliphatic carbocycles. The molecule has 1 saturated heterocycles. The number of hydrogen-bond donors (Lipinski definition) is 2. The second kappa shape index (κ2) is 9.07. The summed E-state index contributed by atoms with van der Waals surface area (Å²) in [6.07, 6.45) is 6.75. The Morgan fingerprint density at radius 3 is 2.40 bits per heavy atom. The molecule has 0 spiro atoms. The maximum atomic E-state index is 5.97. The minimum absolute atomic E-state index is 0. The van der Waals surface area contributed by atoms with Gasteiger partial charge in [-0.3, -0.25) is 9.89 Å². The smallest absolute Gasteiger partial charge is 0.188 e. The van der Waals surface area contributed by atoms with Crippen LogP contribution in [0.1, 0.15) is 46.0 Å². The highest BCUT2D eigenvalue weighted by molar-refractivity contribution is 14.0. The number of likely N-dealkylation sites (tertiary alicyclic amines) is 1. The van der Waals surface area contributed by atoms with Crippen molar-refractivity contribution in [1.82, 2.24) is 10.2 Å². The van der Waals surface area contributed by atoms with E-state index < -0.39 is 0 Å². The molecular formula is C15H31IN4. The van der Waals surface area contributed by atoms with Crippen molar-refractivity contribution in [2.75, 3.05) is 26.2 Å². The lowest BCUT2D eigenvalue weighted by Gasteiger charge is -2.29. The second-order valence-electron chi connectivity index (χ2n) is 6.46. The first-order valence-corrected chi connectivity index (χ1v) is 7.94. The molecule has 2 aliphatic rings. The third-order valence-corrected chi connectivity index (χ3v) is 4.62. The number of nitrogens with one attached hydrogen (secondary N) is 1. The Morgan fingerprint density at radius 2 is 1.90 bits per heavy atom. The van der Waals surface area contributed by atoms with Crippen LogP contribution in [0.2, 0.25) is 0 Å². The Hall–Kier alpha value is -0.0400. The third kappa shape index (κ3) is 5.39. The molecule has 20 heavy (non-hydrogen) atoms. The summed E-state index contributed by atoms with van der Waals surface area (Å²) in [5.74, 6) is 2.10. The van der Waals surface area contributed by atoms with E-state index in [4.69, 9.17) is 5.73 Å². The van der Waals surface area contributed by atoms with E-state index in [0.29, 0.717) is 17.9 Å². The zero-order valence-electron chi connectivity index (χ0n) is 13.0. The quantitative estimate of drug-likeness (QED) is 0.413. The van der Waals surface area contributed by atoms with E-state index in [9.17, 15) is 0 Å². The van der Waals surface area contributed by atoms with Gasteiger partial charge in [-0.15, -0.1) is 24.0 Å². The van der Waals surface area contributed by atoms with E-state index in [-0.39, 0.29) is 24.0 Å². The summed E-state index contributed by atoms with van der Waals surface area (Å²) >= 11 is 0. The van der Waals surface area contributed by atoms with Crippen molar-refractivity contribution in [2.45, 2.75) is 52.0 Å². The molecule has 4 nitrogen and oxygen atoms in total. The Balaban J connectivity index is 0.00000200. The van der Waals surface area contributed by atoms with Crippen LogP contribution in [0.3, 0.4) is 0 Å². The van der Waals surface area contributed by atoms with Crippen LogP contribution < -0.4 is 11.1 Å². The first kappa shape index (κ1) is 18.0. The Bertz CT molecular complexity index is 296. The van der Waals surface area contributed by atoms with E-state index in [1.54, 1.807) is 0 Å². The topological polar surface area (TPSA) is 53.6 Å². The van der Waals surface area contributed by atoms with E-state index >= 15 is 0 Å². The summed E-state index contributed by atoms with van der Waals surface area (Å²) < 4.78 is 0. The van der Waals surface area contributed by atoms with Gasteiger partial charge in [-0.25, -0.2) is 0 Å². The average molecular weight is 394 g/mol. The van der Waals surface area contributed by atoms with Gasteiger partial charge in [-0.1, -0.05) is 20.3 Å². The minimum Gasteiger partial charge on any atom is -0.370 e. The highest BCUT2D eigenvalue weighted by Crippen LogP contribution is 2.25. The summed E-state index contributed by atoms with van der Waals surface area (Å²) in [6, 6.07) is 0.548.